The summed E-state index contributed by atoms with van der Waals surface area (Å²) in [5, 5.41) is 18.6. The highest BCUT2D eigenvalue weighted by Crippen LogP contribution is 2.38. The molecule has 0 N–H and O–H groups in total. The number of nitrogens with zero attached hydrogens (tertiary/aromatic N) is 2. The number of nitriles is 2. The van der Waals surface area contributed by atoms with E-state index in [1.807, 2.05) is 13.8 Å². The van der Waals surface area contributed by atoms with E-state index in [0.29, 0.717) is 11.8 Å². The Morgan fingerprint density at radius 3 is 1.65 bits per heavy atom. The third kappa shape index (κ3) is 9.65. The first kappa shape index (κ1) is 24.2. The molecule has 23 heavy (non-hydrogen) atoms. The van der Waals surface area contributed by atoms with Gasteiger partial charge in [-0.1, -0.05) is 86.5 Å². The molecular formula is C21H40N2. The van der Waals surface area contributed by atoms with Gasteiger partial charge < -0.3 is 0 Å². The van der Waals surface area contributed by atoms with E-state index in [1.54, 1.807) is 6.92 Å². The van der Waals surface area contributed by atoms with E-state index in [4.69, 9.17) is 0 Å². The molecule has 0 aromatic heterocycles. The third-order valence-electron chi connectivity index (χ3n) is 5.03. The summed E-state index contributed by atoms with van der Waals surface area (Å²) in [6.07, 6.45) is 9.29. The van der Waals surface area contributed by atoms with Gasteiger partial charge >= 0.3 is 0 Å². The first-order valence-corrected chi connectivity index (χ1v) is 9.80. The summed E-state index contributed by atoms with van der Waals surface area (Å²) in [5.74, 6) is 1.83. The van der Waals surface area contributed by atoms with Crippen LogP contribution in [-0.4, -0.2) is 0 Å². The van der Waals surface area contributed by atoms with Gasteiger partial charge in [-0.3, -0.25) is 0 Å². The first-order valence-electron chi connectivity index (χ1n) is 9.80. The van der Waals surface area contributed by atoms with Crippen LogP contribution in [0.15, 0.2) is 0 Å². The molecule has 0 heterocycles. The fourth-order valence-electron chi connectivity index (χ4n) is 3.35. The summed E-state index contributed by atoms with van der Waals surface area (Å²) in [6.45, 7) is 14.9. The van der Waals surface area contributed by atoms with Crippen LogP contribution in [0.1, 0.15) is 99.8 Å². The molecule has 3 unspecified atom stereocenters. The molecule has 2 nitrogen and oxygen atoms in total. The molecule has 0 saturated carbocycles. The summed E-state index contributed by atoms with van der Waals surface area (Å²) < 4.78 is 0. The lowest BCUT2D eigenvalue weighted by Gasteiger charge is -2.33. The van der Waals surface area contributed by atoms with Crippen LogP contribution < -0.4 is 0 Å². The summed E-state index contributed by atoms with van der Waals surface area (Å²) in [5.41, 5.74) is -0.824. The van der Waals surface area contributed by atoms with Gasteiger partial charge in [0.25, 0.3) is 0 Å². The van der Waals surface area contributed by atoms with Crippen molar-refractivity contribution in [3.05, 3.63) is 0 Å². The van der Waals surface area contributed by atoms with Crippen molar-refractivity contribution >= 4 is 0 Å². The maximum absolute atomic E-state index is 9.31. The topological polar surface area (TPSA) is 47.6 Å². The quantitative estimate of drug-likeness (QED) is 0.407. The van der Waals surface area contributed by atoms with Crippen LogP contribution in [0.25, 0.3) is 0 Å². The highest BCUT2D eigenvalue weighted by Gasteiger charge is 2.32. The number of unbranched alkanes of at least 4 members (excludes halogenated alkanes) is 2. The molecule has 3 atom stereocenters. The van der Waals surface area contributed by atoms with Crippen molar-refractivity contribution in [3.63, 3.8) is 0 Å². The number of rotatable bonds is 11. The fourth-order valence-corrected chi connectivity index (χ4v) is 3.35. The molecule has 0 aromatic carbocycles. The van der Waals surface area contributed by atoms with Crippen LogP contribution in [0.2, 0.25) is 0 Å². The van der Waals surface area contributed by atoms with E-state index in [0.717, 1.165) is 18.8 Å². The minimum atomic E-state index is -0.824. The van der Waals surface area contributed by atoms with Gasteiger partial charge in [-0.05, 0) is 31.1 Å². The lowest BCUT2D eigenvalue weighted by molar-refractivity contribution is 0.179. The lowest BCUT2D eigenvalue weighted by Crippen LogP contribution is -2.26. The molecule has 0 aromatic rings. The van der Waals surface area contributed by atoms with Crippen molar-refractivity contribution in [2.75, 3.05) is 0 Å². The minimum Gasteiger partial charge on any atom is -0.197 e. The molecule has 134 valence electrons. The third-order valence-corrected chi connectivity index (χ3v) is 5.03. The summed E-state index contributed by atoms with van der Waals surface area (Å²) in [4.78, 5) is 0. The molecule has 0 aliphatic heterocycles. The largest absolute Gasteiger partial charge is 0.197 e. The molecule has 0 radical (unpaired) electrons. The van der Waals surface area contributed by atoms with Crippen LogP contribution in [0.4, 0.5) is 0 Å². The van der Waals surface area contributed by atoms with Crippen molar-refractivity contribution in [2.24, 2.45) is 23.2 Å². The van der Waals surface area contributed by atoms with Crippen molar-refractivity contribution in [1.82, 2.24) is 0 Å². The Morgan fingerprint density at radius 1 is 0.870 bits per heavy atom. The van der Waals surface area contributed by atoms with Gasteiger partial charge in [-0.25, -0.2) is 0 Å². The monoisotopic (exact) mass is 320 g/mol. The summed E-state index contributed by atoms with van der Waals surface area (Å²) in [7, 11) is 0. The second-order valence-corrected chi connectivity index (χ2v) is 6.83. The van der Waals surface area contributed by atoms with Crippen molar-refractivity contribution in [1.29, 1.82) is 10.5 Å². The van der Waals surface area contributed by atoms with E-state index in [-0.39, 0.29) is 0 Å². The molecule has 2 heteroatoms. The van der Waals surface area contributed by atoms with Crippen LogP contribution in [0.5, 0.6) is 0 Å². The summed E-state index contributed by atoms with van der Waals surface area (Å²) >= 11 is 0. The zero-order valence-electron chi connectivity index (χ0n) is 16.8. The van der Waals surface area contributed by atoms with Crippen molar-refractivity contribution in [2.45, 2.75) is 99.8 Å². The van der Waals surface area contributed by atoms with Gasteiger partial charge in [-0.2, -0.15) is 10.5 Å². The predicted octanol–water partition coefficient (Wildman–Crippen LogP) is 7.12. The van der Waals surface area contributed by atoms with Crippen LogP contribution in [0.3, 0.4) is 0 Å². The van der Waals surface area contributed by atoms with Crippen molar-refractivity contribution in [3.8, 4) is 12.1 Å². The van der Waals surface area contributed by atoms with Crippen molar-refractivity contribution < 1.29 is 0 Å². The standard InChI is InChI=1S/C19H34N2.C2H6/c1-6-9-11-17(8-3)16(4)18(12-10-7-2)13-19(5,14-20)15-21;1-2/h16-18H,6-13H2,1-5H3;1-2H3. The van der Waals surface area contributed by atoms with Crippen LogP contribution in [-0.2, 0) is 0 Å². The van der Waals surface area contributed by atoms with Gasteiger partial charge in [0.05, 0.1) is 12.1 Å². The van der Waals surface area contributed by atoms with Gasteiger partial charge in [0.2, 0.25) is 0 Å². The van der Waals surface area contributed by atoms with E-state index < -0.39 is 5.41 Å². The van der Waals surface area contributed by atoms with E-state index in [9.17, 15) is 10.5 Å². The normalized spacial score (nSPS) is 14.7. The van der Waals surface area contributed by atoms with Gasteiger partial charge in [0, 0.05) is 0 Å². The van der Waals surface area contributed by atoms with E-state index in [1.165, 1.54) is 38.5 Å². The maximum Gasteiger partial charge on any atom is 0.141 e. The van der Waals surface area contributed by atoms with Gasteiger partial charge in [0.1, 0.15) is 5.41 Å². The Morgan fingerprint density at radius 2 is 1.30 bits per heavy atom. The SMILES string of the molecule is CC.CCCCC(CC)C(C)C(CCCC)CC(C)(C#N)C#N. The molecule has 0 aliphatic carbocycles. The Labute approximate surface area is 146 Å². The molecule has 0 rings (SSSR count). The maximum atomic E-state index is 9.31. The Kier molecular flexibility index (Phi) is 15.3. The molecule has 0 aliphatic rings. The number of hydrogen-bond donors (Lipinski definition) is 0. The molecule has 0 spiro atoms. The predicted molar refractivity (Wildman–Crippen MR) is 101 cm³/mol. The zero-order chi connectivity index (χ0) is 18.3. The molecule has 0 bridgehead atoms. The van der Waals surface area contributed by atoms with Crippen LogP contribution in [0, 0.1) is 45.8 Å². The molecule has 0 saturated heterocycles. The highest BCUT2D eigenvalue weighted by atomic mass is 14.4. The van der Waals surface area contributed by atoms with E-state index in [2.05, 4.69) is 39.8 Å². The fraction of sp³-hybridized carbons (Fsp3) is 0.905. The minimum absolute atomic E-state index is 0.496. The Hall–Kier alpha value is -1.02. The first-order chi connectivity index (χ1) is 11.0. The Bertz CT molecular complexity index is 334. The molecular weight excluding hydrogens is 280 g/mol. The van der Waals surface area contributed by atoms with Gasteiger partial charge in [-0.15, -0.1) is 0 Å². The van der Waals surface area contributed by atoms with Crippen LogP contribution >= 0.6 is 0 Å². The molecule has 0 amide bonds. The highest BCUT2D eigenvalue weighted by molar-refractivity contribution is 5.11. The molecule has 0 fully saturated rings. The second kappa shape index (κ2) is 14.6. The smallest absolute Gasteiger partial charge is 0.141 e. The summed E-state index contributed by atoms with van der Waals surface area (Å²) in [6, 6.07) is 4.46. The average Bonchev–Trinajstić information content (AvgIpc) is 2.60. The van der Waals surface area contributed by atoms with E-state index >= 15 is 0 Å². The average molecular weight is 321 g/mol. The second-order valence-electron chi connectivity index (χ2n) is 6.83. The van der Waals surface area contributed by atoms with Gasteiger partial charge in [0.15, 0.2) is 0 Å². The number of hydrogen-bond acceptors (Lipinski definition) is 2. The zero-order valence-corrected chi connectivity index (χ0v) is 16.8. The Balaban J connectivity index is 0. The lowest BCUT2D eigenvalue weighted by atomic mass is 9.70.